The first-order chi connectivity index (χ1) is 25.1. The fourth-order valence-electron chi connectivity index (χ4n) is 6.69. The minimum Gasteiger partial charge on any atom is -0.497 e. The molecule has 4 aromatic carbocycles. The zero-order valence-corrected chi connectivity index (χ0v) is 32.4. The van der Waals surface area contributed by atoms with E-state index in [2.05, 4.69) is 10.6 Å². The molecule has 0 unspecified atom stereocenters. The van der Waals surface area contributed by atoms with Gasteiger partial charge < -0.3 is 39.8 Å². The van der Waals surface area contributed by atoms with Crippen molar-refractivity contribution in [3.63, 3.8) is 0 Å². The van der Waals surface area contributed by atoms with E-state index in [9.17, 15) is 19.8 Å². The molecule has 4 aromatic rings. The molecule has 53 heavy (non-hydrogen) atoms. The average Bonchev–Trinajstić information content (AvgIpc) is 3.17. The van der Waals surface area contributed by atoms with Crippen molar-refractivity contribution in [2.45, 2.75) is 64.8 Å². The molecule has 0 heterocycles. The van der Waals surface area contributed by atoms with Gasteiger partial charge in [0.2, 0.25) is 11.8 Å². The Bertz CT molecular complexity index is 1570. The highest BCUT2D eigenvalue weighted by atomic mass is 16.5. The molecule has 284 valence electrons. The molecular weight excluding hydrogens is 672 g/mol. The van der Waals surface area contributed by atoms with Gasteiger partial charge in [-0.25, -0.2) is 0 Å². The summed E-state index contributed by atoms with van der Waals surface area (Å²) in [7, 11) is 6.25. The molecule has 0 spiro atoms. The van der Waals surface area contributed by atoms with Crippen LogP contribution in [0.2, 0.25) is 0 Å². The maximum atomic E-state index is 14.4. The maximum absolute atomic E-state index is 14.4. The number of nitrogens with one attached hydrogen (secondary N) is 2. The summed E-state index contributed by atoms with van der Waals surface area (Å²) in [5.74, 6) is 0.630. The first-order valence-electron chi connectivity index (χ1n) is 17.7. The van der Waals surface area contributed by atoms with Crippen LogP contribution in [0.1, 0.15) is 63.8 Å². The second-order valence-corrected chi connectivity index (χ2v) is 14.5. The number of ether oxygens (including phenoxy) is 4. The van der Waals surface area contributed by atoms with E-state index in [1.165, 1.54) is 13.8 Å². The van der Waals surface area contributed by atoms with Crippen molar-refractivity contribution in [2.24, 2.45) is 17.3 Å². The summed E-state index contributed by atoms with van der Waals surface area (Å²) in [5, 5.41) is 31.7. The third kappa shape index (κ3) is 8.29. The molecular formula is C43H54N2O8. The van der Waals surface area contributed by atoms with E-state index in [4.69, 9.17) is 18.9 Å². The lowest BCUT2D eigenvalue weighted by atomic mass is 9.74. The van der Waals surface area contributed by atoms with Gasteiger partial charge in [0, 0.05) is 0 Å². The summed E-state index contributed by atoms with van der Waals surface area (Å²) in [6, 6.07) is 26.3. The van der Waals surface area contributed by atoms with E-state index in [-0.39, 0.29) is 11.8 Å². The molecule has 0 radical (unpaired) electrons. The molecule has 10 heteroatoms. The molecule has 2 amide bonds. The van der Waals surface area contributed by atoms with Crippen molar-refractivity contribution in [1.29, 1.82) is 0 Å². The molecule has 0 aliphatic carbocycles. The molecule has 2 atom stereocenters. The summed E-state index contributed by atoms with van der Waals surface area (Å²) >= 11 is 0. The zero-order chi connectivity index (χ0) is 39.1. The number of hydrogen-bond acceptors (Lipinski definition) is 8. The van der Waals surface area contributed by atoms with Crippen LogP contribution in [0.5, 0.6) is 23.0 Å². The van der Waals surface area contributed by atoms with Crippen LogP contribution in [0.3, 0.4) is 0 Å². The van der Waals surface area contributed by atoms with Gasteiger partial charge in [-0.1, -0.05) is 76.2 Å². The van der Waals surface area contributed by atoms with Gasteiger partial charge in [-0.05, 0) is 96.5 Å². The highest BCUT2D eigenvalue weighted by Crippen LogP contribution is 2.40. The van der Waals surface area contributed by atoms with Crippen LogP contribution < -0.4 is 29.6 Å². The van der Waals surface area contributed by atoms with E-state index < -0.39 is 40.5 Å². The Hall–Kier alpha value is -5.06. The summed E-state index contributed by atoms with van der Waals surface area (Å²) in [4.78, 5) is 28.8. The monoisotopic (exact) mass is 726 g/mol. The van der Waals surface area contributed by atoms with Gasteiger partial charge >= 0.3 is 0 Å². The molecule has 10 nitrogen and oxygen atoms in total. The standard InChI is InChI=1S/C43H54N2O8/c1-27(2)37(42(48,29-11-19-33(50-7)20-12-29)30-13-21-34(51-8)22-14-30)44-39(46)41(5,6)40(47)45-38(28(3)4)43(49,31-15-23-35(52-9)24-16-31)32-17-25-36(53-10)26-18-32/h11-28,37-38,48-49H,1-10H3,(H,44,46)(H,45,47)/t37-,38-/m1/s1. The van der Waals surface area contributed by atoms with Crippen molar-refractivity contribution in [2.75, 3.05) is 28.4 Å². The smallest absolute Gasteiger partial charge is 0.235 e. The van der Waals surface area contributed by atoms with Crippen LogP contribution in [0.15, 0.2) is 97.1 Å². The normalized spacial score (nSPS) is 13.2. The quantitative estimate of drug-likeness (QED) is 0.100. The van der Waals surface area contributed by atoms with Crippen molar-refractivity contribution < 1.29 is 38.7 Å². The molecule has 4 N–H and O–H groups in total. The fourth-order valence-corrected chi connectivity index (χ4v) is 6.69. The van der Waals surface area contributed by atoms with E-state index in [1.54, 1.807) is 126 Å². The third-order valence-electron chi connectivity index (χ3n) is 10.1. The van der Waals surface area contributed by atoms with Crippen LogP contribution in [-0.4, -0.2) is 62.6 Å². The highest BCUT2D eigenvalue weighted by molar-refractivity contribution is 6.04. The number of methoxy groups -OCH3 is 4. The van der Waals surface area contributed by atoms with Crippen LogP contribution in [-0.2, 0) is 20.8 Å². The van der Waals surface area contributed by atoms with Gasteiger partial charge in [-0.3, -0.25) is 9.59 Å². The number of amides is 2. The van der Waals surface area contributed by atoms with Gasteiger partial charge in [-0.2, -0.15) is 0 Å². The Morgan fingerprint density at radius 1 is 0.472 bits per heavy atom. The van der Waals surface area contributed by atoms with Crippen molar-refractivity contribution >= 4 is 11.8 Å². The number of aliphatic hydroxyl groups is 2. The molecule has 0 fully saturated rings. The van der Waals surface area contributed by atoms with Crippen LogP contribution in [0.4, 0.5) is 0 Å². The zero-order valence-electron chi connectivity index (χ0n) is 32.4. The number of rotatable bonds is 16. The molecule has 0 aromatic heterocycles. The third-order valence-corrected chi connectivity index (χ3v) is 10.1. The Morgan fingerprint density at radius 3 is 0.849 bits per heavy atom. The number of carbonyl (C=O) groups is 2. The van der Waals surface area contributed by atoms with Crippen molar-refractivity contribution in [3.8, 4) is 23.0 Å². The minimum absolute atomic E-state index is 0.300. The molecule has 0 saturated heterocycles. The summed E-state index contributed by atoms with van der Waals surface area (Å²) in [6.07, 6.45) is 0. The van der Waals surface area contributed by atoms with Gasteiger partial charge in [0.1, 0.15) is 39.6 Å². The van der Waals surface area contributed by atoms with E-state index >= 15 is 0 Å². The topological polar surface area (TPSA) is 136 Å². The molecule has 0 saturated carbocycles. The van der Waals surface area contributed by atoms with Gasteiger partial charge in [0.25, 0.3) is 0 Å². The number of benzene rings is 4. The van der Waals surface area contributed by atoms with E-state index in [0.717, 1.165) is 0 Å². The van der Waals surface area contributed by atoms with Crippen molar-refractivity contribution in [1.82, 2.24) is 10.6 Å². The summed E-state index contributed by atoms with van der Waals surface area (Å²) < 4.78 is 21.5. The first kappa shape index (κ1) is 40.7. The average molecular weight is 727 g/mol. The summed E-state index contributed by atoms with van der Waals surface area (Å²) in [5.41, 5.74) is -3.01. The van der Waals surface area contributed by atoms with Gasteiger partial charge in [0.05, 0.1) is 40.5 Å². The number of hydrogen-bond donors (Lipinski definition) is 4. The van der Waals surface area contributed by atoms with Crippen LogP contribution in [0.25, 0.3) is 0 Å². The van der Waals surface area contributed by atoms with E-state index in [0.29, 0.717) is 45.3 Å². The highest BCUT2D eigenvalue weighted by Gasteiger charge is 2.49. The molecule has 0 aliphatic heterocycles. The van der Waals surface area contributed by atoms with E-state index in [1.807, 2.05) is 27.7 Å². The molecule has 0 aliphatic rings. The Balaban J connectivity index is 1.74. The predicted octanol–water partition coefficient (Wildman–Crippen LogP) is 6.20. The second-order valence-electron chi connectivity index (χ2n) is 14.5. The largest absolute Gasteiger partial charge is 0.497 e. The lowest BCUT2D eigenvalue weighted by Gasteiger charge is -2.43. The van der Waals surface area contributed by atoms with Crippen LogP contribution in [0, 0.1) is 17.3 Å². The predicted molar refractivity (Wildman–Crippen MR) is 205 cm³/mol. The van der Waals surface area contributed by atoms with Gasteiger partial charge in [-0.15, -0.1) is 0 Å². The van der Waals surface area contributed by atoms with Crippen molar-refractivity contribution in [3.05, 3.63) is 119 Å². The summed E-state index contributed by atoms with van der Waals surface area (Å²) in [6.45, 7) is 10.7. The lowest BCUT2D eigenvalue weighted by Crippen LogP contribution is -2.61. The van der Waals surface area contributed by atoms with Gasteiger partial charge in [0.15, 0.2) is 0 Å². The fraction of sp³-hybridized carbons (Fsp3) is 0.395. The minimum atomic E-state index is -1.72. The Morgan fingerprint density at radius 2 is 0.679 bits per heavy atom. The van der Waals surface area contributed by atoms with Crippen LogP contribution >= 0.6 is 0 Å². The SMILES string of the molecule is COc1ccc(C(O)(c2ccc(OC)cc2)[C@H](NC(=O)C(C)(C)C(=O)N[C@H](C(C)C)C(O)(c2ccc(OC)cc2)c2ccc(OC)cc2)C(C)C)cc1. The maximum Gasteiger partial charge on any atom is 0.235 e. The first-order valence-corrected chi connectivity index (χ1v) is 17.7. The lowest BCUT2D eigenvalue weighted by molar-refractivity contribution is -0.145. The Labute approximate surface area is 313 Å². The number of carbonyl (C=O) groups excluding carboxylic acids is 2. The molecule has 0 bridgehead atoms. The second kappa shape index (κ2) is 16.7. The molecule has 4 rings (SSSR count). The Kier molecular flexibility index (Phi) is 12.9.